The fourth-order valence-corrected chi connectivity index (χ4v) is 3.28. The summed E-state index contributed by atoms with van der Waals surface area (Å²) in [5.41, 5.74) is 0.386. The van der Waals surface area contributed by atoms with Crippen LogP contribution in [0.25, 0.3) is 0 Å². The zero-order valence-electron chi connectivity index (χ0n) is 11.1. The second-order valence-corrected chi connectivity index (χ2v) is 7.11. The molecule has 0 atom stereocenters. The van der Waals surface area contributed by atoms with Gasteiger partial charge >= 0.3 is 0 Å². The van der Waals surface area contributed by atoms with Crippen LogP contribution in [-0.2, 0) is 21.3 Å². The smallest absolute Gasteiger partial charge is 0.262 e. The fraction of sp³-hybridized carbons (Fsp3) is 0.250. The second kappa shape index (κ2) is 6.78. The predicted octanol–water partition coefficient (Wildman–Crippen LogP) is 2.75. The van der Waals surface area contributed by atoms with Gasteiger partial charge < -0.3 is 4.74 Å². The standard InChI is InChI=1S/C12H13BrClN3O3S/c1-20-5-4-17-8-9(7-15-17)16-21(18,19)10-2-3-12(14)11(13)6-10/h2-3,6-8,16H,4-5H2,1H3. The van der Waals surface area contributed by atoms with E-state index in [1.807, 2.05) is 0 Å². The Kier molecular flexibility index (Phi) is 5.26. The molecule has 9 heteroatoms. The molecule has 114 valence electrons. The molecule has 0 radical (unpaired) electrons. The highest BCUT2D eigenvalue weighted by Gasteiger charge is 2.16. The lowest BCUT2D eigenvalue weighted by atomic mass is 10.4. The molecule has 0 aliphatic heterocycles. The van der Waals surface area contributed by atoms with Crippen molar-refractivity contribution < 1.29 is 13.2 Å². The molecular formula is C12H13BrClN3O3S. The van der Waals surface area contributed by atoms with Gasteiger partial charge in [0.2, 0.25) is 0 Å². The number of sulfonamides is 1. The normalized spacial score (nSPS) is 11.6. The van der Waals surface area contributed by atoms with E-state index in [0.29, 0.717) is 28.3 Å². The molecule has 0 aliphatic rings. The number of nitrogens with one attached hydrogen (secondary N) is 1. The van der Waals surface area contributed by atoms with E-state index < -0.39 is 10.0 Å². The fourth-order valence-electron chi connectivity index (χ4n) is 1.58. The number of anilines is 1. The maximum Gasteiger partial charge on any atom is 0.262 e. The number of halogens is 2. The first-order chi connectivity index (χ1) is 9.92. The van der Waals surface area contributed by atoms with Crippen molar-refractivity contribution in [2.24, 2.45) is 0 Å². The molecule has 0 saturated heterocycles. The van der Waals surface area contributed by atoms with Crippen LogP contribution < -0.4 is 4.72 Å². The Morgan fingerprint density at radius 1 is 1.48 bits per heavy atom. The summed E-state index contributed by atoms with van der Waals surface area (Å²) < 4.78 is 34.0. The van der Waals surface area contributed by atoms with E-state index in [-0.39, 0.29) is 4.90 Å². The summed E-state index contributed by atoms with van der Waals surface area (Å²) in [4.78, 5) is 0.114. The van der Waals surface area contributed by atoms with Crippen molar-refractivity contribution in [2.75, 3.05) is 18.4 Å². The monoisotopic (exact) mass is 393 g/mol. The molecule has 0 aliphatic carbocycles. The second-order valence-electron chi connectivity index (χ2n) is 4.17. The largest absolute Gasteiger partial charge is 0.383 e. The minimum Gasteiger partial charge on any atom is -0.383 e. The SMILES string of the molecule is COCCn1cc(NS(=O)(=O)c2ccc(Cl)c(Br)c2)cn1. The zero-order chi connectivity index (χ0) is 15.5. The van der Waals surface area contributed by atoms with Crippen LogP contribution in [0.2, 0.25) is 5.02 Å². The predicted molar refractivity (Wildman–Crippen MR) is 84.1 cm³/mol. The average molecular weight is 395 g/mol. The lowest BCUT2D eigenvalue weighted by Gasteiger charge is -2.07. The van der Waals surface area contributed by atoms with E-state index in [4.69, 9.17) is 16.3 Å². The number of hydrogen-bond acceptors (Lipinski definition) is 4. The molecule has 2 aromatic rings. The summed E-state index contributed by atoms with van der Waals surface area (Å²) in [5, 5.41) is 4.49. The molecule has 2 rings (SSSR count). The van der Waals surface area contributed by atoms with Crippen LogP contribution in [0.5, 0.6) is 0 Å². The summed E-state index contributed by atoms with van der Waals surface area (Å²) in [6, 6.07) is 4.40. The number of hydrogen-bond donors (Lipinski definition) is 1. The average Bonchev–Trinajstić information content (AvgIpc) is 2.86. The molecule has 0 spiro atoms. The summed E-state index contributed by atoms with van der Waals surface area (Å²) in [5.74, 6) is 0. The van der Waals surface area contributed by atoms with Crippen molar-refractivity contribution >= 4 is 43.2 Å². The summed E-state index contributed by atoms with van der Waals surface area (Å²) in [6.07, 6.45) is 3.04. The number of nitrogens with zero attached hydrogens (tertiary/aromatic N) is 2. The van der Waals surface area contributed by atoms with Crippen LogP contribution >= 0.6 is 27.5 Å². The van der Waals surface area contributed by atoms with Gasteiger partial charge in [-0.2, -0.15) is 5.10 Å². The van der Waals surface area contributed by atoms with Crippen molar-refractivity contribution in [3.05, 3.63) is 40.1 Å². The topological polar surface area (TPSA) is 73.2 Å². The molecule has 0 unspecified atom stereocenters. The number of benzene rings is 1. The number of aromatic nitrogens is 2. The molecular weight excluding hydrogens is 382 g/mol. The van der Waals surface area contributed by atoms with Gasteiger partial charge in [-0.25, -0.2) is 8.42 Å². The quantitative estimate of drug-likeness (QED) is 0.817. The molecule has 1 N–H and O–H groups in total. The maximum absolute atomic E-state index is 12.3. The molecule has 6 nitrogen and oxygen atoms in total. The minimum absolute atomic E-state index is 0.114. The zero-order valence-corrected chi connectivity index (χ0v) is 14.2. The van der Waals surface area contributed by atoms with Crippen LogP contribution in [-0.4, -0.2) is 31.9 Å². The van der Waals surface area contributed by atoms with E-state index in [9.17, 15) is 8.42 Å². The van der Waals surface area contributed by atoms with Crippen LogP contribution in [0.4, 0.5) is 5.69 Å². The summed E-state index contributed by atoms with van der Waals surface area (Å²) >= 11 is 9.06. The molecule has 0 bridgehead atoms. The van der Waals surface area contributed by atoms with E-state index in [1.165, 1.54) is 24.4 Å². The van der Waals surface area contributed by atoms with Gasteiger partial charge in [0.15, 0.2) is 0 Å². The van der Waals surface area contributed by atoms with Gasteiger partial charge in [-0.15, -0.1) is 0 Å². The van der Waals surface area contributed by atoms with Crippen LogP contribution in [0.1, 0.15) is 0 Å². The van der Waals surface area contributed by atoms with E-state index in [0.717, 1.165) is 0 Å². The lowest BCUT2D eigenvalue weighted by molar-refractivity contribution is 0.183. The molecule has 0 fully saturated rings. The Morgan fingerprint density at radius 2 is 2.24 bits per heavy atom. The van der Waals surface area contributed by atoms with Crippen molar-refractivity contribution in [2.45, 2.75) is 11.4 Å². The van der Waals surface area contributed by atoms with Crippen LogP contribution in [0.15, 0.2) is 40.0 Å². The third-order valence-corrected chi connectivity index (χ3v) is 5.20. The highest BCUT2D eigenvalue weighted by atomic mass is 79.9. The molecule has 0 amide bonds. The number of ether oxygens (including phenoxy) is 1. The number of methoxy groups -OCH3 is 1. The van der Waals surface area contributed by atoms with E-state index in [2.05, 4.69) is 25.8 Å². The van der Waals surface area contributed by atoms with Gasteiger partial charge in [0.1, 0.15) is 0 Å². The third-order valence-electron chi connectivity index (χ3n) is 2.61. The highest BCUT2D eigenvalue weighted by Crippen LogP contribution is 2.26. The molecule has 21 heavy (non-hydrogen) atoms. The Morgan fingerprint density at radius 3 is 2.90 bits per heavy atom. The lowest BCUT2D eigenvalue weighted by Crippen LogP contribution is -2.12. The van der Waals surface area contributed by atoms with Crippen molar-refractivity contribution in [1.82, 2.24) is 9.78 Å². The van der Waals surface area contributed by atoms with Crippen LogP contribution in [0.3, 0.4) is 0 Å². The Hall–Kier alpha value is -1.09. The summed E-state index contributed by atoms with van der Waals surface area (Å²) in [7, 11) is -2.09. The molecule has 1 heterocycles. The van der Waals surface area contributed by atoms with Crippen molar-refractivity contribution in [3.8, 4) is 0 Å². The number of rotatable bonds is 6. The van der Waals surface area contributed by atoms with Crippen molar-refractivity contribution in [3.63, 3.8) is 0 Å². The third kappa shape index (κ3) is 4.19. The van der Waals surface area contributed by atoms with Gasteiger partial charge in [-0.3, -0.25) is 9.40 Å². The minimum atomic E-state index is -3.68. The van der Waals surface area contributed by atoms with Gasteiger partial charge in [0.05, 0.1) is 35.0 Å². The van der Waals surface area contributed by atoms with Gasteiger partial charge in [0, 0.05) is 17.8 Å². The summed E-state index contributed by atoms with van der Waals surface area (Å²) in [6.45, 7) is 1.04. The van der Waals surface area contributed by atoms with E-state index >= 15 is 0 Å². The molecule has 1 aromatic carbocycles. The Bertz CT molecular complexity index is 733. The van der Waals surface area contributed by atoms with Gasteiger partial charge in [-0.05, 0) is 34.1 Å². The maximum atomic E-state index is 12.3. The first-order valence-corrected chi connectivity index (χ1v) is 8.57. The van der Waals surface area contributed by atoms with E-state index in [1.54, 1.807) is 18.0 Å². The molecule has 1 aromatic heterocycles. The Labute approximate surface area is 136 Å². The van der Waals surface area contributed by atoms with Gasteiger partial charge in [0.25, 0.3) is 10.0 Å². The highest BCUT2D eigenvalue weighted by molar-refractivity contribution is 9.10. The van der Waals surface area contributed by atoms with Crippen molar-refractivity contribution in [1.29, 1.82) is 0 Å². The first kappa shape index (κ1) is 16.3. The van der Waals surface area contributed by atoms with Crippen LogP contribution in [0, 0.1) is 0 Å². The van der Waals surface area contributed by atoms with Gasteiger partial charge in [-0.1, -0.05) is 11.6 Å². The Balaban J connectivity index is 2.16. The first-order valence-electron chi connectivity index (χ1n) is 5.91. The molecule has 0 saturated carbocycles.